The molecule has 0 bridgehead atoms. The highest BCUT2D eigenvalue weighted by atomic mass is 16.5. The van der Waals surface area contributed by atoms with Crippen molar-refractivity contribution in [2.45, 2.75) is 38.6 Å². The molecule has 3 nitrogen and oxygen atoms in total. The van der Waals surface area contributed by atoms with E-state index in [-0.39, 0.29) is 0 Å². The Labute approximate surface area is 103 Å². The minimum atomic E-state index is 0.590. The third kappa shape index (κ3) is 3.05. The fourth-order valence-corrected chi connectivity index (χ4v) is 2.60. The lowest BCUT2D eigenvalue weighted by molar-refractivity contribution is 0.358. The Bertz CT molecular complexity index is 378. The zero-order valence-corrected chi connectivity index (χ0v) is 10.7. The number of methoxy groups -OCH3 is 1. The van der Waals surface area contributed by atoms with Crippen molar-refractivity contribution in [2.24, 2.45) is 5.92 Å². The summed E-state index contributed by atoms with van der Waals surface area (Å²) in [7, 11) is 1.65. The molecule has 2 atom stereocenters. The topological polar surface area (TPSA) is 47.3 Å². The van der Waals surface area contributed by atoms with E-state index in [1.54, 1.807) is 7.11 Å². The van der Waals surface area contributed by atoms with E-state index >= 15 is 0 Å². The van der Waals surface area contributed by atoms with Crippen molar-refractivity contribution >= 4 is 11.4 Å². The van der Waals surface area contributed by atoms with Gasteiger partial charge >= 0.3 is 0 Å². The van der Waals surface area contributed by atoms with Crippen molar-refractivity contribution < 1.29 is 4.74 Å². The first-order chi connectivity index (χ1) is 8.19. The minimum Gasteiger partial charge on any atom is -0.495 e. The Morgan fingerprint density at radius 2 is 2.18 bits per heavy atom. The first-order valence-electron chi connectivity index (χ1n) is 6.39. The lowest BCUT2D eigenvalue weighted by Gasteiger charge is -2.28. The van der Waals surface area contributed by atoms with Crippen molar-refractivity contribution in [3.05, 3.63) is 18.2 Å². The summed E-state index contributed by atoms with van der Waals surface area (Å²) in [6.45, 7) is 2.33. The molecular formula is C14H22N2O. The van der Waals surface area contributed by atoms with Gasteiger partial charge in [-0.3, -0.25) is 0 Å². The number of hydrogen-bond donors (Lipinski definition) is 2. The summed E-state index contributed by atoms with van der Waals surface area (Å²) in [5.74, 6) is 1.58. The lowest BCUT2D eigenvalue weighted by Crippen LogP contribution is -2.26. The van der Waals surface area contributed by atoms with Crippen molar-refractivity contribution in [3.8, 4) is 5.75 Å². The van der Waals surface area contributed by atoms with Gasteiger partial charge in [0.1, 0.15) is 5.75 Å². The van der Waals surface area contributed by atoms with Crippen molar-refractivity contribution in [3.63, 3.8) is 0 Å². The van der Waals surface area contributed by atoms with Gasteiger partial charge in [0.2, 0.25) is 0 Å². The molecule has 3 heteroatoms. The number of hydrogen-bond acceptors (Lipinski definition) is 3. The smallest absolute Gasteiger partial charge is 0.143 e. The van der Waals surface area contributed by atoms with Gasteiger partial charge in [-0.2, -0.15) is 0 Å². The van der Waals surface area contributed by atoms with E-state index in [1.165, 1.54) is 25.7 Å². The van der Waals surface area contributed by atoms with Gasteiger partial charge in [-0.15, -0.1) is 0 Å². The molecule has 1 fully saturated rings. The summed E-state index contributed by atoms with van der Waals surface area (Å²) in [4.78, 5) is 0. The summed E-state index contributed by atoms with van der Waals surface area (Å²) in [6.07, 6.45) is 5.21. The molecule has 0 radical (unpaired) electrons. The van der Waals surface area contributed by atoms with Gasteiger partial charge in [0.25, 0.3) is 0 Å². The molecule has 1 aromatic carbocycles. The second kappa shape index (κ2) is 5.30. The quantitative estimate of drug-likeness (QED) is 0.789. The standard InChI is InChI=1S/C14H22N2O/c1-10-4-3-5-11(8-10)16-12-6-7-13(15)14(9-12)17-2/h6-7,9-11,16H,3-5,8,15H2,1-2H3. The monoisotopic (exact) mass is 234 g/mol. The Morgan fingerprint density at radius 1 is 1.35 bits per heavy atom. The molecule has 2 unspecified atom stereocenters. The van der Waals surface area contributed by atoms with Crippen LogP contribution in [0.2, 0.25) is 0 Å². The molecule has 17 heavy (non-hydrogen) atoms. The maximum absolute atomic E-state index is 5.80. The highest BCUT2D eigenvalue weighted by molar-refractivity contribution is 5.61. The van der Waals surface area contributed by atoms with Gasteiger partial charge in [-0.05, 0) is 30.9 Å². The zero-order chi connectivity index (χ0) is 12.3. The second-order valence-corrected chi connectivity index (χ2v) is 5.07. The molecule has 1 saturated carbocycles. The summed E-state index contributed by atoms with van der Waals surface area (Å²) < 4.78 is 5.23. The maximum Gasteiger partial charge on any atom is 0.143 e. The summed E-state index contributed by atoms with van der Waals surface area (Å²) in [5, 5.41) is 3.58. The number of rotatable bonds is 3. The molecule has 0 spiro atoms. The molecule has 1 aromatic rings. The zero-order valence-electron chi connectivity index (χ0n) is 10.7. The van der Waals surface area contributed by atoms with E-state index < -0.39 is 0 Å². The average Bonchev–Trinajstić information content (AvgIpc) is 2.32. The van der Waals surface area contributed by atoms with Crippen LogP contribution in [0.25, 0.3) is 0 Å². The molecule has 0 aliphatic heterocycles. The molecule has 0 amide bonds. The first-order valence-corrected chi connectivity index (χ1v) is 6.39. The first kappa shape index (κ1) is 12.1. The number of anilines is 2. The van der Waals surface area contributed by atoms with Crippen LogP contribution in [-0.4, -0.2) is 13.2 Å². The predicted octanol–water partition coefficient (Wildman–Crippen LogP) is 3.27. The molecule has 0 heterocycles. The molecule has 0 saturated heterocycles. The summed E-state index contributed by atoms with van der Waals surface area (Å²) >= 11 is 0. The van der Waals surface area contributed by atoms with Crippen LogP contribution >= 0.6 is 0 Å². The molecule has 2 rings (SSSR count). The van der Waals surface area contributed by atoms with Crippen molar-refractivity contribution in [1.29, 1.82) is 0 Å². The number of benzene rings is 1. The van der Waals surface area contributed by atoms with Gasteiger partial charge in [-0.1, -0.05) is 19.8 Å². The maximum atomic E-state index is 5.80. The van der Waals surface area contributed by atoms with Crippen LogP contribution < -0.4 is 15.8 Å². The van der Waals surface area contributed by atoms with E-state index in [0.29, 0.717) is 11.7 Å². The van der Waals surface area contributed by atoms with Crippen LogP contribution in [0.3, 0.4) is 0 Å². The fraction of sp³-hybridized carbons (Fsp3) is 0.571. The predicted molar refractivity (Wildman–Crippen MR) is 72.4 cm³/mol. The van der Waals surface area contributed by atoms with E-state index in [0.717, 1.165) is 17.4 Å². The number of nitrogens with one attached hydrogen (secondary N) is 1. The van der Waals surface area contributed by atoms with Crippen molar-refractivity contribution in [1.82, 2.24) is 0 Å². The van der Waals surface area contributed by atoms with Crippen LogP contribution in [-0.2, 0) is 0 Å². The van der Waals surface area contributed by atoms with E-state index in [2.05, 4.69) is 12.2 Å². The van der Waals surface area contributed by atoms with E-state index in [9.17, 15) is 0 Å². The normalized spacial score (nSPS) is 24.4. The summed E-state index contributed by atoms with van der Waals surface area (Å²) in [6, 6.07) is 6.49. The van der Waals surface area contributed by atoms with Gasteiger partial charge < -0.3 is 15.8 Å². The molecule has 1 aliphatic rings. The SMILES string of the molecule is COc1cc(NC2CCCC(C)C2)ccc1N. The minimum absolute atomic E-state index is 0.590. The second-order valence-electron chi connectivity index (χ2n) is 5.07. The number of ether oxygens (including phenoxy) is 1. The van der Waals surface area contributed by atoms with E-state index in [4.69, 9.17) is 10.5 Å². The molecular weight excluding hydrogens is 212 g/mol. The number of nitrogens with two attached hydrogens (primary N) is 1. The molecule has 1 aliphatic carbocycles. The Hall–Kier alpha value is -1.38. The molecule has 94 valence electrons. The van der Waals surface area contributed by atoms with Gasteiger partial charge in [0.05, 0.1) is 12.8 Å². The van der Waals surface area contributed by atoms with Crippen LogP contribution in [0.5, 0.6) is 5.75 Å². The lowest BCUT2D eigenvalue weighted by atomic mass is 9.87. The third-order valence-electron chi connectivity index (χ3n) is 3.54. The van der Waals surface area contributed by atoms with Crippen LogP contribution in [0, 0.1) is 5.92 Å². The number of nitrogen functional groups attached to an aromatic ring is 1. The highest BCUT2D eigenvalue weighted by Crippen LogP contribution is 2.29. The van der Waals surface area contributed by atoms with Gasteiger partial charge in [0, 0.05) is 17.8 Å². The van der Waals surface area contributed by atoms with Gasteiger partial charge in [0.15, 0.2) is 0 Å². The van der Waals surface area contributed by atoms with Gasteiger partial charge in [-0.25, -0.2) is 0 Å². The largest absolute Gasteiger partial charge is 0.495 e. The average molecular weight is 234 g/mol. The van der Waals surface area contributed by atoms with Crippen molar-refractivity contribution in [2.75, 3.05) is 18.2 Å². The van der Waals surface area contributed by atoms with Crippen LogP contribution in [0.4, 0.5) is 11.4 Å². The van der Waals surface area contributed by atoms with Crippen LogP contribution in [0.15, 0.2) is 18.2 Å². The summed E-state index contributed by atoms with van der Waals surface area (Å²) in [5.41, 5.74) is 7.60. The van der Waals surface area contributed by atoms with Crippen LogP contribution in [0.1, 0.15) is 32.6 Å². The van der Waals surface area contributed by atoms with E-state index in [1.807, 2.05) is 18.2 Å². The Balaban J connectivity index is 2.02. The Kier molecular flexibility index (Phi) is 3.77. The molecule has 3 N–H and O–H groups in total. The third-order valence-corrected chi connectivity index (χ3v) is 3.54. The Morgan fingerprint density at radius 3 is 2.88 bits per heavy atom. The highest BCUT2D eigenvalue weighted by Gasteiger charge is 2.18. The fourth-order valence-electron chi connectivity index (χ4n) is 2.60. The molecule has 0 aromatic heterocycles.